The van der Waals surface area contributed by atoms with E-state index in [0.717, 1.165) is 24.5 Å². The number of carbonyl (C=O) groups is 3. The Morgan fingerprint density at radius 2 is 1.68 bits per heavy atom. The third kappa shape index (κ3) is 5.91. The number of esters is 2. The van der Waals surface area contributed by atoms with Crippen LogP contribution in [0.3, 0.4) is 0 Å². The van der Waals surface area contributed by atoms with Crippen LogP contribution >= 0.6 is 0 Å². The molecule has 202 valence electrons. The van der Waals surface area contributed by atoms with Crippen molar-refractivity contribution in [3.05, 3.63) is 35.2 Å². The Kier molecular flexibility index (Phi) is 7.80. The predicted molar refractivity (Wildman–Crippen MR) is 133 cm³/mol. The number of fused-ring (bicyclic) bond motifs is 1. The quantitative estimate of drug-likeness (QED) is 0.424. The number of ether oxygens (including phenoxy) is 4. The highest BCUT2D eigenvalue weighted by molar-refractivity contribution is 5.98. The Bertz CT molecular complexity index is 1080. The van der Waals surface area contributed by atoms with Crippen molar-refractivity contribution in [2.24, 2.45) is 17.8 Å². The first-order valence-electron chi connectivity index (χ1n) is 12.9. The molecule has 0 aliphatic heterocycles. The lowest BCUT2D eigenvalue weighted by Gasteiger charge is -2.30. The molecule has 0 aromatic heterocycles. The molecule has 8 nitrogen and oxygen atoms in total. The largest absolute Gasteiger partial charge is 0.496 e. The van der Waals surface area contributed by atoms with Gasteiger partial charge in [0.25, 0.3) is 5.91 Å². The van der Waals surface area contributed by atoms with Gasteiger partial charge in [-0.15, -0.1) is 0 Å². The molecule has 37 heavy (non-hydrogen) atoms. The van der Waals surface area contributed by atoms with E-state index in [1.165, 1.54) is 20.3 Å². The summed E-state index contributed by atoms with van der Waals surface area (Å²) < 4.78 is 36.6. The minimum absolute atomic E-state index is 0.0394. The summed E-state index contributed by atoms with van der Waals surface area (Å²) in [6.07, 6.45) is 5.70. The fourth-order valence-electron chi connectivity index (χ4n) is 5.60. The fourth-order valence-corrected chi connectivity index (χ4v) is 5.60. The highest BCUT2D eigenvalue weighted by atomic mass is 19.1. The third-order valence-corrected chi connectivity index (χ3v) is 7.38. The zero-order chi connectivity index (χ0) is 26.9. The van der Waals surface area contributed by atoms with E-state index in [2.05, 4.69) is 5.32 Å². The first-order chi connectivity index (χ1) is 17.5. The zero-order valence-corrected chi connectivity index (χ0v) is 22.1. The second-order valence-electron chi connectivity index (χ2n) is 11.1. The molecule has 1 aromatic carbocycles. The number of hydrogen-bond acceptors (Lipinski definition) is 7. The summed E-state index contributed by atoms with van der Waals surface area (Å²) >= 11 is 0. The Morgan fingerprint density at radius 1 is 0.973 bits per heavy atom. The van der Waals surface area contributed by atoms with Gasteiger partial charge >= 0.3 is 11.9 Å². The van der Waals surface area contributed by atoms with Crippen LogP contribution in [0.1, 0.15) is 69.7 Å². The molecule has 0 unspecified atom stereocenters. The topological polar surface area (TPSA) is 100 Å². The molecule has 0 saturated heterocycles. The summed E-state index contributed by atoms with van der Waals surface area (Å²) in [5.74, 6) is -2.33. The molecule has 0 heterocycles. The first-order valence-corrected chi connectivity index (χ1v) is 12.9. The number of amides is 1. The van der Waals surface area contributed by atoms with E-state index in [0.29, 0.717) is 25.7 Å². The molecule has 3 atom stereocenters. The number of hydrogen-bond donors (Lipinski definition) is 1. The van der Waals surface area contributed by atoms with E-state index in [4.69, 9.17) is 18.9 Å². The van der Waals surface area contributed by atoms with Crippen LogP contribution < -0.4 is 14.8 Å². The molecule has 4 rings (SSSR count). The maximum Gasteiger partial charge on any atom is 0.311 e. The number of benzene rings is 1. The van der Waals surface area contributed by atoms with Gasteiger partial charge in [-0.2, -0.15) is 0 Å². The number of methoxy groups -OCH3 is 2. The average Bonchev–Trinajstić information content (AvgIpc) is 3.45. The molecule has 1 N–H and O–H groups in total. The summed E-state index contributed by atoms with van der Waals surface area (Å²) in [6, 6.07) is 2.01. The van der Waals surface area contributed by atoms with Gasteiger partial charge in [-0.1, -0.05) is 11.6 Å². The number of allylic oxidation sites excluding steroid dienone is 1. The molecule has 1 saturated carbocycles. The van der Waals surface area contributed by atoms with Crippen LogP contribution in [0.25, 0.3) is 0 Å². The lowest BCUT2D eigenvalue weighted by molar-refractivity contribution is -0.161. The van der Waals surface area contributed by atoms with Gasteiger partial charge < -0.3 is 24.3 Å². The van der Waals surface area contributed by atoms with Crippen LogP contribution in [0.4, 0.5) is 4.39 Å². The smallest absolute Gasteiger partial charge is 0.311 e. The zero-order valence-electron chi connectivity index (χ0n) is 22.1. The second-order valence-corrected chi connectivity index (χ2v) is 11.1. The van der Waals surface area contributed by atoms with Gasteiger partial charge in [-0.3, -0.25) is 14.4 Å². The van der Waals surface area contributed by atoms with Gasteiger partial charge in [0.1, 0.15) is 11.4 Å². The van der Waals surface area contributed by atoms with E-state index < -0.39 is 29.3 Å². The second kappa shape index (κ2) is 10.7. The number of rotatable bonds is 7. The van der Waals surface area contributed by atoms with Gasteiger partial charge in [0.2, 0.25) is 0 Å². The molecular weight excluding hydrogens is 481 g/mol. The molecule has 0 spiro atoms. The van der Waals surface area contributed by atoms with Crippen LogP contribution in [0.5, 0.6) is 11.5 Å². The summed E-state index contributed by atoms with van der Waals surface area (Å²) in [4.78, 5) is 38.1. The van der Waals surface area contributed by atoms with Gasteiger partial charge in [-0.25, -0.2) is 4.39 Å². The highest BCUT2D eigenvalue weighted by Gasteiger charge is 2.47. The van der Waals surface area contributed by atoms with Crippen LogP contribution in [0, 0.1) is 23.6 Å². The standard InChI is InChI=1S/C28H36FNO7/c1-28(2,3)37-26(32)15-8-10-18(11-9-15)36-22-13-19(21(34-4)14-20(22)29)25(31)30-24-17-7-6-16(12-17)23(24)27(33)35-5/h12-16,18,23-24H,6-11H2,1-5H3,(H,30,31)/t15?,16-,18?,23+,24-/m1/s1. The molecule has 1 aromatic rings. The molecule has 1 amide bonds. The Morgan fingerprint density at radius 3 is 2.30 bits per heavy atom. The van der Waals surface area contributed by atoms with Crippen LogP contribution in [-0.2, 0) is 19.1 Å². The molecule has 9 heteroatoms. The van der Waals surface area contributed by atoms with Crippen molar-refractivity contribution < 1.29 is 37.7 Å². The molecule has 3 aliphatic carbocycles. The van der Waals surface area contributed by atoms with Gasteiger partial charge in [0.05, 0.1) is 43.8 Å². The Balaban J connectivity index is 1.44. The third-order valence-electron chi connectivity index (χ3n) is 7.38. The Labute approximate surface area is 216 Å². The minimum Gasteiger partial charge on any atom is -0.496 e. The minimum atomic E-state index is -0.641. The monoisotopic (exact) mass is 517 g/mol. The summed E-state index contributed by atoms with van der Waals surface area (Å²) in [5.41, 5.74) is 0.584. The number of halogens is 1. The Hall–Kier alpha value is -3.10. The molecule has 1 fully saturated rings. The van der Waals surface area contributed by atoms with E-state index in [9.17, 15) is 18.8 Å². The number of carbonyl (C=O) groups excluding carboxylic acids is 3. The predicted octanol–water partition coefficient (Wildman–Crippen LogP) is 4.35. The molecule has 2 bridgehead atoms. The van der Waals surface area contributed by atoms with Gasteiger partial charge in [0, 0.05) is 6.07 Å². The van der Waals surface area contributed by atoms with Crippen molar-refractivity contribution in [1.82, 2.24) is 5.32 Å². The number of nitrogens with one attached hydrogen (secondary N) is 1. The van der Waals surface area contributed by atoms with E-state index in [1.54, 1.807) is 0 Å². The lowest BCUT2D eigenvalue weighted by Crippen LogP contribution is -2.46. The summed E-state index contributed by atoms with van der Waals surface area (Å²) in [6.45, 7) is 5.51. The van der Waals surface area contributed by atoms with Crippen molar-refractivity contribution in [1.29, 1.82) is 0 Å². The van der Waals surface area contributed by atoms with Crippen molar-refractivity contribution in [2.45, 2.75) is 77.0 Å². The van der Waals surface area contributed by atoms with Gasteiger partial charge in [0.15, 0.2) is 11.6 Å². The maximum atomic E-state index is 14.9. The normalized spacial score (nSPS) is 26.8. The summed E-state index contributed by atoms with van der Waals surface area (Å²) in [7, 11) is 2.70. The fraction of sp³-hybridized carbons (Fsp3) is 0.607. The maximum absolute atomic E-state index is 14.9. The van der Waals surface area contributed by atoms with Crippen molar-refractivity contribution in [3.8, 4) is 11.5 Å². The van der Waals surface area contributed by atoms with E-state index >= 15 is 0 Å². The first kappa shape index (κ1) is 26.9. The van der Waals surface area contributed by atoms with E-state index in [1.807, 2.05) is 26.8 Å². The van der Waals surface area contributed by atoms with Crippen LogP contribution in [0.2, 0.25) is 0 Å². The van der Waals surface area contributed by atoms with E-state index in [-0.39, 0.29) is 46.9 Å². The lowest BCUT2D eigenvalue weighted by atomic mass is 9.83. The average molecular weight is 518 g/mol. The van der Waals surface area contributed by atoms with Gasteiger partial charge in [-0.05, 0) is 71.3 Å². The van der Waals surface area contributed by atoms with Crippen LogP contribution in [0.15, 0.2) is 23.8 Å². The summed E-state index contributed by atoms with van der Waals surface area (Å²) in [5, 5.41) is 2.94. The molecular formula is C28H36FNO7. The van der Waals surface area contributed by atoms with Crippen molar-refractivity contribution >= 4 is 17.8 Å². The van der Waals surface area contributed by atoms with Crippen molar-refractivity contribution in [3.63, 3.8) is 0 Å². The highest BCUT2D eigenvalue weighted by Crippen LogP contribution is 2.44. The van der Waals surface area contributed by atoms with Crippen molar-refractivity contribution in [2.75, 3.05) is 14.2 Å². The molecule has 3 aliphatic rings. The SMILES string of the molecule is COC(=O)[C@@H]1[C@H](NC(=O)c2cc(OC3CCC(C(=O)OC(C)(C)C)CC3)c(F)cc2OC)C2=C[C@H]1CC2. The molecule has 0 radical (unpaired) electrons. The van der Waals surface area contributed by atoms with Crippen LogP contribution in [-0.4, -0.2) is 49.8 Å².